The molecule has 6 heteroatoms. The molecular weight excluding hydrogens is 268 g/mol. The first-order valence-electron chi connectivity index (χ1n) is 7.07. The number of phenolic OH excluding ortho intramolecular Hbond substituents is 1. The molecule has 0 aliphatic carbocycles. The molecule has 0 radical (unpaired) electrons. The van der Waals surface area contributed by atoms with Crippen molar-refractivity contribution in [2.24, 2.45) is 0 Å². The monoisotopic (exact) mass is 288 g/mol. The molecule has 112 valence electrons. The lowest BCUT2D eigenvalue weighted by Crippen LogP contribution is -2.45. The largest absolute Gasteiger partial charge is 0.507 e. The fraction of sp³-hybridized carbons (Fsp3) is 0.467. The summed E-state index contributed by atoms with van der Waals surface area (Å²) in [6.45, 7) is 4.73. The number of aromatic hydroxyl groups is 1. The van der Waals surface area contributed by atoms with Gasteiger partial charge in [-0.05, 0) is 32.6 Å². The summed E-state index contributed by atoms with van der Waals surface area (Å²) in [5.41, 5.74) is 1.38. The smallest absolute Gasteiger partial charge is 0.261 e. The molecule has 1 unspecified atom stereocenters. The first-order valence-corrected chi connectivity index (χ1v) is 7.07. The van der Waals surface area contributed by atoms with Gasteiger partial charge in [0.1, 0.15) is 5.75 Å². The van der Waals surface area contributed by atoms with Gasteiger partial charge in [-0.3, -0.25) is 4.90 Å². The predicted octanol–water partition coefficient (Wildman–Crippen LogP) is 1.67. The summed E-state index contributed by atoms with van der Waals surface area (Å²) >= 11 is 0. The van der Waals surface area contributed by atoms with Crippen molar-refractivity contribution in [2.75, 3.05) is 33.7 Å². The summed E-state index contributed by atoms with van der Waals surface area (Å²) in [7, 11) is 4.16. The van der Waals surface area contributed by atoms with Crippen LogP contribution in [0.2, 0.25) is 0 Å². The van der Waals surface area contributed by atoms with Gasteiger partial charge in [0.15, 0.2) is 5.82 Å². The Bertz CT molecular complexity index is 640. The second kappa shape index (κ2) is 5.46. The summed E-state index contributed by atoms with van der Waals surface area (Å²) in [6, 6.07) is 5.62. The molecule has 6 nitrogen and oxygen atoms in total. The first-order chi connectivity index (χ1) is 10.1. The van der Waals surface area contributed by atoms with Crippen LogP contribution < -0.4 is 0 Å². The lowest BCUT2D eigenvalue weighted by molar-refractivity contribution is 0.108. The van der Waals surface area contributed by atoms with Crippen molar-refractivity contribution >= 4 is 0 Å². The van der Waals surface area contributed by atoms with Gasteiger partial charge in [-0.1, -0.05) is 17.3 Å². The van der Waals surface area contributed by atoms with Crippen molar-refractivity contribution in [3.8, 4) is 17.2 Å². The second-order valence-corrected chi connectivity index (χ2v) is 5.69. The van der Waals surface area contributed by atoms with Gasteiger partial charge in [0.2, 0.25) is 0 Å². The Morgan fingerprint density at radius 3 is 2.90 bits per heavy atom. The standard InChI is InChI=1S/C15H20N4O2/c1-10-5-4-6-11(13(10)20)15-16-14(17-21-15)12-9-18(2)7-8-19(12)3/h4-6,12,20H,7-9H2,1-3H3. The molecule has 0 bridgehead atoms. The van der Waals surface area contributed by atoms with Crippen LogP contribution >= 0.6 is 0 Å². The van der Waals surface area contributed by atoms with Crippen molar-refractivity contribution < 1.29 is 9.63 Å². The summed E-state index contributed by atoms with van der Waals surface area (Å²) in [5, 5.41) is 14.2. The van der Waals surface area contributed by atoms with Crippen LogP contribution in [-0.4, -0.2) is 58.8 Å². The number of hydrogen-bond acceptors (Lipinski definition) is 6. The normalized spacial score (nSPS) is 20.8. The van der Waals surface area contributed by atoms with E-state index in [-0.39, 0.29) is 11.8 Å². The minimum Gasteiger partial charge on any atom is -0.507 e. The Morgan fingerprint density at radius 2 is 2.10 bits per heavy atom. The van der Waals surface area contributed by atoms with Crippen molar-refractivity contribution in [2.45, 2.75) is 13.0 Å². The quantitative estimate of drug-likeness (QED) is 0.907. The zero-order valence-corrected chi connectivity index (χ0v) is 12.6. The van der Waals surface area contributed by atoms with E-state index in [1.807, 2.05) is 19.1 Å². The average Bonchev–Trinajstić information content (AvgIpc) is 2.94. The van der Waals surface area contributed by atoms with Crippen LogP contribution in [-0.2, 0) is 0 Å². The Labute approximate surface area is 124 Å². The third-order valence-corrected chi connectivity index (χ3v) is 4.06. The van der Waals surface area contributed by atoms with Gasteiger partial charge in [-0.15, -0.1) is 0 Å². The number of aryl methyl sites for hydroxylation is 1. The molecule has 1 aromatic carbocycles. The van der Waals surface area contributed by atoms with Crippen molar-refractivity contribution in [1.82, 2.24) is 19.9 Å². The molecule has 21 heavy (non-hydrogen) atoms. The molecule has 1 atom stereocenters. The maximum absolute atomic E-state index is 10.1. The molecule has 1 aromatic heterocycles. The summed E-state index contributed by atoms with van der Waals surface area (Å²) in [6.07, 6.45) is 0. The van der Waals surface area contributed by atoms with Gasteiger partial charge in [0.05, 0.1) is 11.6 Å². The number of nitrogens with zero attached hydrogens (tertiary/aromatic N) is 4. The molecule has 0 saturated carbocycles. The van der Waals surface area contributed by atoms with E-state index in [0.29, 0.717) is 17.3 Å². The highest BCUT2D eigenvalue weighted by Crippen LogP contribution is 2.31. The highest BCUT2D eigenvalue weighted by Gasteiger charge is 2.28. The zero-order valence-electron chi connectivity index (χ0n) is 12.6. The Kier molecular flexibility index (Phi) is 3.65. The van der Waals surface area contributed by atoms with Gasteiger partial charge in [-0.25, -0.2) is 0 Å². The van der Waals surface area contributed by atoms with Gasteiger partial charge in [-0.2, -0.15) is 4.98 Å². The number of aromatic nitrogens is 2. The van der Waals surface area contributed by atoms with Crippen LogP contribution in [0.4, 0.5) is 0 Å². The molecule has 1 aliphatic rings. The number of phenols is 1. The molecule has 1 fully saturated rings. The minimum atomic E-state index is 0.119. The van der Waals surface area contributed by atoms with Crippen molar-refractivity contribution in [1.29, 1.82) is 0 Å². The van der Waals surface area contributed by atoms with Crippen molar-refractivity contribution in [3.05, 3.63) is 29.6 Å². The Hall–Kier alpha value is -1.92. The highest BCUT2D eigenvalue weighted by molar-refractivity contribution is 5.64. The minimum absolute atomic E-state index is 0.119. The summed E-state index contributed by atoms with van der Waals surface area (Å²) in [4.78, 5) is 8.97. The van der Waals surface area contributed by atoms with E-state index in [1.54, 1.807) is 6.07 Å². The number of para-hydroxylation sites is 1. The van der Waals surface area contributed by atoms with E-state index >= 15 is 0 Å². The maximum atomic E-state index is 10.1. The van der Waals surface area contributed by atoms with Crippen LogP contribution in [0.15, 0.2) is 22.7 Å². The Morgan fingerprint density at radius 1 is 1.29 bits per heavy atom. The third kappa shape index (κ3) is 2.64. The molecule has 2 aromatic rings. The maximum Gasteiger partial charge on any atom is 0.261 e. The van der Waals surface area contributed by atoms with E-state index in [9.17, 15) is 5.11 Å². The number of rotatable bonds is 2. The number of likely N-dealkylation sites (N-methyl/N-ethyl adjacent to an activating group) is 2. The van der Waals surface area contributed by atoms with Gasteiger partial charge < -0.3 is 14.5 Å². The van der Waals surface area contributed by atoms with E-state index in [2.05, 4.69) is 34.0 Å². The van der Waals surface area contributed by atoms with Crippen molar-refractivity contribution in [3.63, 3.8) is 0 Å². The second-order valence-electron chi connectivity index (χ2n) is 5.69. The summed E-state index contributed by atoms with van der Waals surface area (Å²) in [5.74, 6) is 1.23. The van der Waals surface area contributed by atoms with Crippen LogP contribution in [0.3, 0.4) is 0 Å². The predicted molar refractivity (Wildman–Crippen MR) is 79.0 cm³/mol. The molecular formula is C15H20N4O2. The molecule has 1 aliphatic heterocycles. The van der Waals surface area contributed by atoms with Crippen LogP contribution in [0.5, 0.6) is 5.75 Å². The number of hydrogen-bond donors (Lipinski definition) is 1. The van der Waals surface area contributed by atoms with E-state index < -0.39 is 0 Å². The highest BCUT2D eigenvalue weighted by atomic mass is 16.5. The molecule has 0 spiro atoms. The average molecular weight is 288 g/mol. The Balaban J connectivity index is 1.91. The van der Waals surface area contributed by atoms with E-state index in [1.165, 1.54) is 0 Å². The molecule has 1 saturated heterocycles. The topological polar surface area (TPSA) is 65.6 Å². The fourth-order valence-electron chi connectivity index (χ4n) is 2.60. The summed E-state index contributed by atoms with van der Waals surface area (Å²) < 4.78 is 5.36. The molecule has 3 rings (SSSR count). The first kappa shape index (κ1) is 14.0. The van der Waals surface area contributed by atoms with Crippen LogP contribution in [0, 0.1) is 6.92 Å². The lowest BCUT2D eigenvalue weighted by atomic mass is 10.1. The SMILES string of the molecule is Cc1cccc(-c2nc(C3CN(C)CCN3C)no2)c1O. The third-order valence-electron chi connectivity index (χ3n) is 4.06. The van der Waals surface area contributed by atoms with Gasteiger partial charge in [0.25, 0.3) is 5.89 Å². The van der Waals surface area contributed by atoms with E-state index in [0.717, 1.165) is 25.2 Å². The molecule has 1 N–H and O–H groups in total. The van der Waals surface area contributed by atoms with Gasteiger partial charge in [0, 0.05) is 19.6 Å². The molecule has 2 heterocycles. The molecule has 0 amide bonds. The van der Waals surface area contributed by atoms with Gasteiger partial charge >= 0.3 is 0 Å². The van der Waals surface area contributed by atoms with Crippen LogP contribution in [0.1, 0.15) is 17.4 Å². The van der Waals surface area contributed by atoms with E-state index in [4.69, 9.17) is 4.52 Å². The fourth-order valence-corrected chi connectivity index (χ4v) is 2.60. The van der Waals surface area contributed by atoms with Crippen LogP contribution in [0.25, 0.3) is 11.5 Å². The lowest BCUT2D eigenvalue weighted by Gasteiger charge is -2.35. The number of benzene rings is 1. The zero-order chi connectivity index (χ0) is 15.0. The number of piperazine rings is 1.